The van der Waals surface area contributed by atoms with Gasteiger partial charge in [0.05, 0.1) is 15.9 Å². The molecule has 2 aromatic carbocycles. The summed E-state index contributed by atoms with van der Waals surface area (Å²) in [7, 11) is 0. The lowest BCUT2D eigenvalue weighted by atomic mass is 10.3. The molecule has 0 atom stereocenters. The number of fused-ring (bicyclic) bond motifs is 1. The van der Waals surface area contributed by atoms with Crippen molar-refractivity contribution in [3.8, 4) is 0 Å². The first-order chi connectivity index (χ1) is 8.79. The molecule has 0 saturated heterocycles. The van der Waals surface area contributed by atoms with Crippen LogP contribution in [0.4, 0.5) is 5.69 Å². The van der Waals surface area contributed by atoms with Gasteiger partial charge in [-0.25, -0.2) is 0 Å². The van der Waals surface area contributed by atoms with Crippen molar-refractivity contribution in [2.45, 2.75) is 0 Å². The van der Waals surface area contributed by atoms with Crippen LogP contribution in [0.2, 0.25) is 0 Å². The molecule has 90 valence electrons. The van der Waals surface area contributed by atoms with E-state index in [1.807, 2.05) is 48.5 Å². The van der Waals surface area contributed by atoms with Gasteiger partial charge in [-0.15, -0.1) is 11.3 Å². The van der Waals surface area contributed by atoms with Crippen LogP contribution in [0.5, 0.6) is 0 Å². The van der Waals surface area contributed by atoms with Gasteiger partial charge in [-0.1, -0.05) is 30.3 Å². The number of nitrogens with zero attached hydrogens (tertiary/aromatic N) is 1. The summed E-state index contributed by atoms with van der Waals surface area (Å²) in [6.45, 7) is 3.38. The third-order valence-corrected chi connectivity index (χ3v) is 3.48. The summed E-state index contributed by atoms with van der Waals surface area (Å²) in [6.07, 6.45) is 0. The predicted octanol–water partition coefficient (Wildman–Crippen LogP) is 4.98. The average Bonchev–Trinajstić information content (AvgIpc) is 2.80. The van der Waals surface area contributed by atoms with Crippen molar-refractivity contribution in [2.75, 3.05) is 0 Å². The molecule has 0 aliphatic carbocycles. The number of aliphatic imine (C=N–C) groups is 1. The van der Waals surface area contributed by atoms with Crippen LogP contribution < -0.4 is 0 Å². The van der Waals surface area contributed by atoms with Crippen LogP contribution >= 0.6 is 23.6 Å². The molecule has 0 saturated carbocycles. The molecule has 0 aliphatic rings. The van der Waals surface area contributed by atoms with E-state index in [0.717, 1.165) is 15.2 Å². The molecule has 2 nitrogen and oxygen atoms in total. The fourth-order valence-corrected chi connectivity index (χ4v) is 2.54. The molecular formula is C14H12N2S2. The zero-order valence-corrected chi connectivity index (χ0v) is 11.3. The Labute approximate surface area is 115 Å². The number of H-pyrrole nitrogens is 1. The maximum atomic E-state index is 4.98. The summed E-state index contributed by atoms with van der Waals surface area (Å²) in [4.78, 5) is 6.81. The van der Waals surface area contributed by atoms with Gasteiger partial charge in [0, 0.05) is 0 Å². The lowest BCUT2D eigenvalue weighted by Gasteiger charge is -1.84. The van der Waals surface area contributed by atoms with Gasteiger partial charge in [-0.3, -0.25) is 4.99 Å². The Hall–Kier alpha value is -1.78. The maximum Gasteiger partial charge on any atom is 0.159 e. The molecule has 0 amide bonds. The summed E-state index contributed by atoms with van der Waals surface area (Å²) >= 11 is 6.59. The molecule has 1 heterocycles. The van der Waals surface area contributed by atoms with Crippen LogP contribution in [0.15, 0.2) is 59.6 Å². The summed E-state index contributed by atoms with van der Waals surface area (Å²) < 4.78 is 2.08. The van der Waals surface area contributed by atoms with Crippen LogP contribution in [0.3, 0.4) is 0 Å². The zero-order chi connectivity index (χ0) is 12.8. The van der Waals surface area contributed by atoms with Crippen molar-refractivity contribution in [1.29, 1.82) is 0 Å². The monoisotopic (exact) mass is 272 g/mol. The maximum absolute atomic E-state index is 4.98. The van der Waals surface area contributed by atoms with Gasteiger partial charge in [0.25, 0.3) is 0 Å². The highest BCUT2D eigenvalue weighted by atomic mass is 32.1. The molecule has 3 rings (SSSR count). The molecular weight excluding hydrogens is 260 g/mol. The van der Waals surface area contributed by atoms with Crippen molar-refractivity contribution in [3.05, 3.63) is 58.6 Å². The van der Waals surface area contributed by atoms with Gasteiger partial charge in [-0.2, -0.15) is 0 Å². The molecule has 0 radical (unpaired) electrons. The highest BCUT2D eigenvalue weighted by Gasteiger charge is 1.91. The first-order valence-electron chi connectivity index (χ1n) is 5.39. The molecule has 3 aromatic rings. The average molecular weight is 272 g/mol. The Kier molecular flexibility index (Phi) is 4.39. The van der Waals surface area contributed by atoms with E-state index in [2.05, 4.69) is 22.8 Å². The van der Waals surface area contributed by atoms with E-state index in [-0.39, 0.29) is 0 Å². The standard InChI is InChI=1S/C7H5NS2.C7H7N/c9-7-8-5-3-1-2-4-6(5)10-7;1-8-7-5-3-2-4-6-7/h1-4H,(H,8,9);2-6H,1H2. The predicted molar refractivity (Wildman–Crippen MR) is 82.7 cm³/mol. The number of hydrogen-bond acceptors (Lipinski definition) is 3. The van der Waals surface area contributed by atoms with Gasteiger partial charge >= 0.3 is 0 Å². The highest BCUT2D eigenvalue weighted by molar-refractivity contribution is 7.73. The lowest BCUT2D eigenvalue weighted by molar-refractivity contribution is 1.47. The van der Waals surface area contributed by atoms with Crippen molar-refractivity contribution in [1.82, 2.24) is 4.98 Å². The van der Waals surface area contributed by atoms with Crippen LogP contribution in [-0.2, 0) is 0 Å². The van der Waals surface area contributed by atoms with Gasteiger partial charge in [-0.05, 0) is 43.2 Å². The van der Waals surface area contributed by atoms with Crippen LogP contribution in [0, 0.1) is 3.95 Å². The van der Waals surface area contributed by atoms with Crippen molar-refractivity contribution < 1.29 is 0 Å². The van der Waals surface area contributed by atoms with Crippen LogP contribution in [0.1, 0.15) is 0 Å². The SMILES string of the molecule is C=Nc1ccccc1.S=c1[nH]c2ccccc2s1. The Morgan fingerprint density at radius 3 is 2.28 bits per heavy atom. The number of para-hydroxylation sites is 2. The van der Waals surface area contributed by atoms with E-state index in [1.54, 1.807) is 11.3 Å². The third kappa shape index (κ3) is 3.35. The third-order valence-electron chi connectivity index (χ3n) is 2.27. The molecule has 1 aromatic heterocycles. The van der Waals surface area contributed by atoms with Gasteiger partial charge < -0.3 is 4.98 Å². The Morgan fingerprint density at radius 1 is 1.00 bits per heavy atom. The lowest BCUT2D eigenvalue weighted by Crippen LogP contribution is -1.62. The van der Waals surface area contributed by atoms with Gasteiger partial charge in [0.15, 0.2) is 3.95 Å². The smallest absolute Gasteiger partial charge is 0.159 e. The second kappa shape index (κ2) is 6.23. The normalized spacial score (nSPS) is 9.56. The van der Waals surface area contributed by atoms with E-state index in [1.165, 1.54) is 4.70 Å². The molecule has 4 heteroatoms. The van der Waals surface area contributed by atoms with Crippen LogP contribution in [0.25, 0.3) is 10.2 Å². The number of aromatic amines is 1. The number of benzene rings is 2. The van der Waals surface area contributed by atoms with E-state index >= 15 is 0 Å². The minimum absolute atomic E-state index is 0.848. The fourth-order valence-electron chi connectivity index (χ4n) is 1.43. The van der Waals surface area contributed by atoms with Crippen molar-refractivity contribution in [3.63, 3.8) is 0 Å². The molecule has 0 unspecified atom stereocenters. The molecule has 0 fully saturated rings. The fraction of sp³-hybridized carbons (Fsp3) is 0. The van der Waals surface area contributed by atoms with Gasteiger partial charge in [0.1, 0.15) is 0 Å². The number of aromatic nitrogens is 1. The van der Waals surface area contributed by atoms with Crippen molar-refractivity contribution >= 4 is 46.2 Å². The molecule has 0 bridgehead atoms. The Bertz CT molecular complexity index is 647. The molecule has 1 N–H and O–H groups in total. The van der Waals surface area contributed by atoms with E-state index in [0.29, 0.717) is 0 Å². The summed E-state index contributed by atoms with van der Waals surface area (Å²) in [5.41, 5.74) is 2.06. The summed E-state index contributed by atoms with van der Waals surface area (Å²) in [6, 6.07) is 17.7. The second-order valence-electron chi connectivity index (χ2n) is 3.50. The van der Waals surface area contributed by atoms with Crippen LogP contribution in [-0.4, -0.2) is 11.7 Å². The largest absolute Gasteiger partial charge is 0.337 e. The van der Waals surface area contributed by atoms with E-state index in [9.17, 15) is 0 Å². The number of thiazole rings is 1. The topological polar surface area (TPSA) is 28.1 Å². The van der Waals surface area contributed by atoms with Crippen molar-refractivity contribution in [2.24, 2.45) is 4.99 Å². The first-order valence-corrected chi connectivity index (χ1v) is 6.61. The minimum atomic E-state index is 0.848. The van der Waals surface area contributed by atoms with E-state index in [4.69, 9.17) is 12.2 Å². The Balaban J connectivity index is 0.000000138. The van der Waals surface area contributed by atoms with Gasteiger partial charge in [0.2, 0.25) is 0 Å². The highest BCUT2D eigenvalue weighted by Crippen LogP contribution is 2.17. The number of nitrogens with one attached hydrogen (secondary N) is 1. The zero-order valence-electron chi connectivity index (χ0n) is 9.67. The minimum Gasteiger partial charge on any atom is -0.337 e. The number of rotatable bonds is 1. The second-order valence-corrected chi connectivity index (χ2v) is 5.22. The number of hydrogen-bond donors (Lipinski definition) is 1. The summed E-state index contributed by atoms with van der Waals surface area (Å²) in [5, 5.41) is 0. The molecule has 0 spiro atoms. The quantitative estimate of drug-likeness (QED) is 0.491. The summed E-state index contributed by atoms with van der Waals surface area (Å²) in [5.74, 6) is 0. The molecule has 18 heavy (non-hydrogen) atoms. The first kappa shape index (κ1) is 12.7. The van der Waals surface area contributed by atoms with E-state index < -0.39 is 0 Å². The Morgan fingerprint density at radius 2 is 1.67 bits per heavy atom. The molecule has 0 aliphatic heterocycles.